The van der Waals surface area contributed by atoms with Crippen molar-refractivity contribution < 1.29 is 8.81 Å². The number of hydrogen-bond donors (Lipinski definition) is 0. The molecule has 3 heteroatoms. The molecule has 0 radical (unpaired) electrons. The number of halogens is 1. The second-order valence-electron chi connectivity index (χ2n) is 4.15. The Kier molecular flexibility index (Phi) is 1.97. The van der Waals surface area contributed by atoms with Crippen LogP contribution in [0.4, 0.5) is 4.39 Å². The van der Waals surface area contributed by atoms with Gasteiger partial charge in [0.2, 0.25) is 0 Å². The summed E-state index contributed by atoms with van der Waals surface area (Å²) in [5.74, 6) is 0.963. The van der Waals surface area contributed by atoms with E-state index >= 15 is 0 Å². The SMILES string of the molecule is Fc1ccc2nc(C3CCCC3)oc2c1. The van der Waals surface area contributed by atoms with E-state index in [1.165, 1.54) is 25.0 Å². The minimum Gasteiger partial charge on any atom is -0.440 e. The number of benzene rings is 1. The molecule has 0 amide bonds. The molecule has 0 aliphatic heterocycles. The van der Waals surface area contributed by atoms with Crippen LogP contribution < -0.4 is 0 Å². The molecule has 1 aromatic carbocycles. The molecule has 1 aliphatic carbocycles. The fourth-order valence-electron chi connectivity index (χ4n) is 2.26. The minimum atomic E-state index is -0.267. The zero-order valence-electron chi connectivity index (χ0n) is 8.37. The lowest BCUT2D eigenvalue weighted by Gasteiger charge is -2.00. The molecule has 0 bridgehead atoms. The van der Waals surface area contributed by atoms with Gasteiger partial charge in [0, 0.05) is 12.0 Å². The van der Waals surface area contributed by atoms with Gasteiger partial charge in [-0.15, -0.1) is 0 Å². The molecule has 1 aromatic heterocycles. The maximum Gasteiger partial charge on any atom is 0.198 e. The van der Waals surface area contributed by atoms with Gasteiger partial charge in [-0.2, -0.15) is 0 Å². The van der Waals surface area contributed by atoms with Crippen molar-refractivity contribution in [2.24, 2.45) is 0 Å². The standard InChI is InChI=1S/C12H12FNO/c13-9-5-6-10-11(7-9)15-12(14-10)8-3-1-2-4-8/h5-8H,1-4H2. The molecule has 0 atom stereocenters. The number of fused-ring (bicyclic) bond motifs is 1. The highest BCUT2D eigenvalue weighted by Crippen LogP contribution is 2.34. The van der Waals surface area contributed by atoms with E-state index < -0.39 is 0 Å². The smallest absolute Gasteiger partial charge is 0.198 e. The Bertz CT molecular complexity index is 485. The first-order chi connectivity index (χ1) is 7.33. The third-order valence-corrected chi connectivity index (χ3v) is 3.07. The highest BCUT2D eigenvalue weighted by Gasteiger charge is 2.22. The Balaban J connectivity index is 2.05. The number of rotatable bonds is 1. The van der Waals surface area contributed by atoms with Crippen LogP contribution in [-0.2, 0) is 0 Å². The second-order valence-corrected chi connectivity index (χ2v) is 4.15. The average Bonchev–Trinajstić information content (AvgIpc) is 2.84. The fourth-order valence-corrected chi connectivity index (χ4v) is 2.26. The van der Waals surface area contributed by atoms with E-state index in [1.54, 1.807) is 6.07 Å². The minimum absolute atomic E-state index is 0.267. The van der Waals surface area contributed by atoms with E-state index in [9.17, 15) is 4.39 Å². The lowest BCUT2D eigenvalue weighted by atomic mass is 10.1. The third-order valence-electron chi connectivity index (χ3n) is 3.07. The van der Waals surface area contributed by atoms with E-state index in [0.717, 1.165) is 24.2 Å². The molecule has 78 valence electrons. The van der Waals surface area contributed by atoms with Crippen LogP contribution in [0.1, 0.15) is 37.5 Å². The van der Waals surface area contributed by atoms with Crippen LogP contribution in [0.15, 0.2) is 22.6 Å². The summed E-state index contributed by atoms with van der Waals surface area (Å²) in [4.78, 5) is 4.40. The Morgan fingerprint density at radius 3 is 2.87 bits per heavy atom. The van der Waals surface area contributed by atoms with E-state index in [2.05, 4.69) is 4.98 Å². The summed E-state index contributed by atoms with van der Waals surface area (Å²) in [6.07, 6.45) is 4.79. The van der Waals surface area contributed by atoms with Gasteiger partial charge in [-0.3, -0.25) is 0 Å². The topological polar surface area (TPSA) is 26.0 Å². The van der Waals surface area contributed by atoms with Gasteiger partial charge >= 0.3 is 0 Å². The summed E-state index contributed by atoms with van der Waals surface area (Å²) < 4.78 is 18.5. The molecule has 3 rings (SSSR count). The number of aromatic nitrogens is 1. The number of hydrogen-bond acceptors (Lipinski definition) is 2. The first-order valence-electron chi connectivity index (χ1n) is 5.39. The van der Waals surface area contributed by atoms with Gasteiger partial charge in [-0.25, -0.2) is 9.37 Å². The molecule has 1 heterocycles. The summed E-state index contributed by atoms with van der Waals surface area (Å²) >= 11 is 0. The van der Waals surface area contributed by atoms with E-state index in [4.69, 9.17) is 4.42 Å². The highest BCUT2D eigenvalue weighted by molar-refractivity contribution is 5.72. The van der Waals surface area contributed by atoms with Crippen molar-refractivity contribution in [3.63, 3.8) is 0 Å². The summed E-state index contributed by atoms with van der Waals surface area (Å²) in [5.41, 5.74) is 1.33. The van der Waals surface area contributed by atoms with Crippen molar-refractivity contribution in [3.05, 3.63) is 29.9 Å². The largest absolute Gasteiger partial charge is 0.440 e. The second kappa shape index (κ2) is 3.33. The van der Waals surface area contributed by atoms with Crippen molar-refractivity contribution in [3.8, 4) is 0 Å². The number of nitrogens with zero attached hydrogens (tertiary/aromatic N) is 1. The van der Waals surface area contributed by atoms with Crippen molar-refractivity contribution >= 4 is 11.1 Å². The van der Waals surface area contributed by atoms with E-state index in [1.807, 2.05) is 0 Å². The lowest BCUT2D eigenvalue weighted by molar-refractivity contribution is 0.473. The van der Waals surface area contributed by atoms with Crippen LogP contribution in [0.5, 0.6) is 0 Å². The van der Waals surface area contributed by atoms with Gasteiger partial charge in [0.1, 0.15) is 11.3 Å². The molecule has 0 saturated heterocycles. The predicted molar refractivity (Wildman–Crippen MR) is 55.2 cm³/mol. The van der Waals surface area contributed by atoms with Gasteiger partial charge in [0.15, 0.2) is 11.5 Å². The van der Waals surface area contributed by atoms with Gasteiger partial charge < -0.3 is 4.42 Å². The van der Waals surface area contributed by atoms with Crippen LogP contribution in [0.3, 0.4) is 0 Å². The quantitative estimate of drug-likeness (QED) is 0.710. The fraction of sp³-hybridized carbons (Fsp3) is 0.417. The molecule has 0 unspecified atom stereocenters. The number of oxazole rings is 1. The first-order valence-corrected chi connectivity index (χ1v) is 5.39. The molecule has 1 fully saturated rings. The Hall–Kier alpha value is -1.38. The van der Waals surface area contributed by atoms with Gasteiger partial charge in [-0.1, -0.05) is 12.8 Å². The molecular weight excluding hydrogens is 193 g/mol. The van der Waals surface area contributed by atoms with Crippen LogP contribution in [0, 0.1) is 5.82 Å². The van der Waals surface area contributed by atoms with E-state index in [-0.39, 0.29) is 5.82 Å². The normalized spacial score (nSPS) is 17.7. The zero-order valence-corrected chi connectivity index (χ0v) is 8.37. The van der Waals surface area contributed by atoms with Gasteiger partial charge in [-0.05, 0) is 25.0 Å². The van der Waals surface area contributed by atoms with Crippen LogP contribution in [-0.4, -0.2) is 4.98 Å². The zero-order chi connectivity index (χ0) is 10.3. The van der Waals surface area contributed by atoms with Crippen molar-refractivity contribution in [2.45, 2.75) is 31.6 Å². The Morgan fingerprint density at radius 1 is 1.27 bits per heavy atom. The third kappa shape index (κ3) is 1.52. The molecule has 2 aromatic rings. The Labute approximate surface area is 87.1 Å². The summed E-state index contributed by atoms with van der Waals surface area (Å²) in [7, 11) is 0. The van der Waals surface area contributed by atoms with Gasteiger partial charge in [0.05, 0.1) is 0 Å². The molecular formula is C12H12FNO. The van der Waals surface area contributed by atoms with E-state index in [0.29, 0.717) is 11.5 Å². The molecule has 1 aliphatic rings. The summed E-state index contributed by atoms with van der Waals surface area (Å²) in [6.45, 7) is 0. The predicted octanol–water partition coefficient (Wildman–Crippen LogP) is 3.62. The average molecular weight is 205 g/mol. The van der Waals surface area contributed by atoms with Crippen LogP contribution in [0.25, 0.3) is 11.1 Å². The Morgan fingerprint density at radius 2 is 2.07 bits per heavy atom. The maximum atomic E-state index is 12.9. The molecule has 0 spiro atoms. The van der Waals surface area contributed by atoms with Crippen molar-refractivity contribution in [1.29, 1.82) is 0 Å². The van der Waals surface area contributed by atoms with Gasteiger partial charge in [0.25, 0.3) is 0 Å². The molecule has 2 nitrogen and oxygen atoms in total. The maximum absolute atomic E-state index is 12.9. The van der Waals surface area contributed by atoms with Crippen molar-refractivity contribution in [1.82, 2.24) is 4.98 Å². The summed E-state index contributed by atoms with van der Waals surface area (Å²) in [5, 5.41) is 0. The van der Waals surface area contributed by atoms with Crippen LogP contribution in [0.2, 0.25) is 0 Å². The lowest BCUT2D eigenvalue weighted by Crippen LogP contribution is -1.90. The molecule has 1 saturated carbocycles. The first kappa shape index (κ1) is 8.89. The highest BCUT2D eigenvalue weighted by atomic mass is 19.1. The monoisotopic (exact) mass is 205 g/mol. The van der Waals surface area contributed by atoms with Crippen LogP contribution >= 0.6 is 0 Å². The summed E-state index contributed by atoms with van der Waals surface area (Å²) in [6, 6.07) is 4.50. The van der Waals surface area contributed by atoms with Crippen molar-refractivity contribution in [2.75, 3.05) is 0 Å². The molecule has 0 N–H and O–H groups in total. The molecule has 15 heavy (non-hydrogen) atoms.